The van der Waals surface area contributed by atoms with Crippen LogP contribution < -0.4 is 10.1 Å². The van der Waals surface area contributed by atoms with E-state index < -0.39 is 12.0 Å². The normalized spacial score (nSPS) is 12.0. The minimum atomic E-state index is -0.967. The lowest BCUT2D eigenvalue weighted by atomic mass is 10.0. The van der Waals surface area contributed by atoms with Gasteiger partial charge in [0, 0.05) is 6.42 Å². The molecule has 0 aliphatic rings. The van der Waals surface area contributed by atoms with Crippen LogP contribution in [0.4, 0.5) is 0 Å². The first-order chi connectivity index (χ1) is 10.9. The number of carbonyl (C=O) groups is 2. The van der Waals surface area contributed by atoms with Crippen LogP contribution >= 0.6 is 0 Å². The summed E-state index contributed by atoms with van der Waals surface area (Å²) in [5.41, 5.74) is 1.20. The van der Waals surface area contributed by atoms with Crippen molar-refractivity contribution in [2.24, 2.45) is 5.92 Å². The monoisotopic (exact) mass is 321 g/mol. The zero-order valence-corrected chi connectivity index (χ0v) is 14.2. The van der Waals surface area contributed by atoms with E-state index in [9.17, 15) is 9.59 Å². The van der Waals surface area contributed by atoms with E-state index in [1.165, 1.54) is 5.56 Å². The Morgan fingerprint density at radius 3 is 2.35 bits per heavy atom. The van der Waals surface area contributed by atoms with E-state index in [0.717, 1.165) is 25.0 Å². The number of carboxylic acid groups (broad SMARTS) is 1. The number of unbranched alkanes of at least 4 members (excludes halogenated alkanes) is 1. The SMILES string of the molecule is COc1ccc(CCCCC(=O)N[C@@H](CC(C)C)C(=O)O)cc1. The molecule has 128 valence electrons. The van der Waals surface area contributed by atoms with E-state index in [2.05, 4.69) is 5.32 Å². The second-order valence-electron chi connectivity index (χ2n) is 6.14. The molecule has 0 saturated heterocycles. The fourth-order valence-electron chi connectivity index (χ4n) is 2.37. The summed E-state index contributed by atoms with van der Waals surface area (Å²) in [6, 6.07) is 7.09. The van der Waals surface area contributed by atoms with Gasteiger partial charge in [-0.2, -0.15) is 0 Å². The number of aryl methyl sites for hydroxylation is 1. The maximum Gasteiger partial charge on any atom is 0.326 e. The second kappa shape index (κ2) is 9.87. The number of rotatable bonds is 10. The van der Waals surface area contributed by atoms with E-state index in [1.807, 2.05) is 38.1 Å². The molecule has 0 saturated carbocycles. The summed E-state index contributed by atoms with van der Waals surface area (Å²) in [5, 5.41) is 11.7. The van der Waals surface area contributed by atoms with Crippen LogP contribution in [0.5, 0.6) is 5.75 Å². The average molecular weight is 321 g/mol. The van der Waals surface area contributed by atoms with Gasteiger partial charge in [-0.3, -0.25) is 4.79 Å². The molecular weight excluding hydrogens is 294 g/mol. The third-order valence-corrected chi connectivity index (χ3v) is 3.62. The Morgan fingerprint density at radius 1 is 1.17 bits per heavy atom. The topological polar surface area (TPSA) is 75.6 Å². The Bertz CT molecular complexity index is 496. The molecule has 0 aliphatic carbocycles. The van der Waals surface area contributed by atoms with Crippen molar-refractivity contribution in [1.82, 2.24) is 5.32 Å². The van der Waals surface area contributed by atoms with Crippen LogP contribution in [0.1, 0.15) is 45.1 Å². The molecule has 0 bridgehead atoms. The van der Waals surface area contributed by atoms with Crippen LogP contribution in [-0.4, -0.2) is 30.1 Å². The van der Waals surface area contributed by atoms with Gasteiger partial charge in [-0.1, -0.05) is 26.0 Å². The first-order valence-electron chi connectivity index (χ1n) is 8.07. The smallest absolute Gasteiger partial charge is 0.326 e. The van der Waals surface area contributed by atoms with Gasteiger partial charge in [-0.25, -0.2) is 4.79 Å². The van der Waals surface area contributed by atoms with Gasteiger partial charge in [0.05, 0.1) is 7.11 Å². The van der Waals surface area contributed by atoms with Gasteiger partial charge < -0.3 is 15.2 Å². The van der Waals surface area contributed by atoms with Gasteiger partial charge in [0.1, 0.15) is 11.8 Å². The number of carbonyl (C=O) groups excluding carboxylic acids is 1. The second-order valence-corrected chi connectivity index (χ2v) is 6.14. The van der Waals surface area contributed by atoms with Crippen molar-refractivity contribution in [2.75, 3.05) is 7.11 Å². The fourth-order valence-corrected chi connectivity index (χ4v) is 2.37. The molecule has 5 heteroatoms. The Labute approximate surface area is 138 Å². The van der Waals surface area contributed by atoms with E-state index in [1.54, 1.807) is 7.11 Å². The molecule has 0 radical (unpaired) electrons. The van der Waals surface area contributed by atoms with Crippen molar-refractivity contribution in [1.29, 1.82) is 0 Å². The molecule has 0 aromatic heterocycles. The summed E-state index contributed by atoms with van der Waals surface area (Å²) in [5.74, 6) is -0.0949. The van der Waals surface area contributed by atoms with Crippen LogP contribution in [-0.2, 0) is 16.0 Å². The number of nitrogens with one attached hydrogen (secondary N) is 1. The molecule has 1 aromatic rings. The first kappa shape index (κ1) is 19.0. The molecule has 1 atom stereocenters. The zero-order chi connectivity index (χ0) is 17.2. The predicted octanol–water partition coefficient (Wildman–Crippen LogP) is 3.02. The number of benzene rings is 1. The number of amides is 1. The standard InChI is InChI=1S/C18H27NO4/c1-13(2)12-16(18(21)22)19-17(20)7-5-4-6-14-8-10-15(23-3)11-9-14/h8-11,13,16H,4-7,12H2,1-3H3,(H,19,20)(H,21,22)/t16-/m0/s1. The number of aliphatic carboxylic acids is 1. The summed E-state index contributed by atoms with van der Waals surface area (Å²) in [7, 11) is 1.64. The molecule has 0 spiro atoms. The first-order valence-corrected chi connectivity index (χ1v) is 8.07. The number of hydrogen-bond acceptors (Lipinski definition) is 3. The van der Waals surface area contributed by atoms with Crippen molar-refractivity contribution >= 4 is 11.9 Å². The van der Waals surface area contributed by atoms with Crippen LogP contribution in [0.25, 0.3) is 0 Å². The number of carboxylic acids is 1. The molecule has 5 nitrogen and oxygen atoms in total. The minimum absolute atomic E-state index is 0.187. The average Bonchev–Trinajstić information content (AvgIpc) is 2.51. The molecule has 1 amide bonds. The zero-order valence-electron chi connectivity index (χ0n) is 14.2. The summed E-state index contributed by atoms with van der Waals surface area (Å²) in [6.45, 7) is 3.88. The van der Waals surface area contributed by atoms with Crippen molar-refractivity contribution in [3.05, 3.63) is 29.8 Å². The third-order valence-electron chi connectivity index (χ3n) is 3.62. The van der Waals surface area contributed by atoms with Gasteiger partial charge in [0.25, 0.3) is 0 Å². The molecule has 1 aromatic carbocycles. The predicted molar refractivity (Wildman–Crippen MR) is 89.6 cm³/mol. The van der Waals surface area contributed by atoms with Crippen molar-refractivity contribution in [3.63, 3.8) is 0 Å². The molecule has 2 N–H and O–H groups in total. The highest BCUT2D eigenvalue weighted by molar-refractivity contribution is 5.83. The number of hydrogen-bond donors (Lipinski definition) is 2. The van der Waals surface area contributed by atoms with Crippen molar-refractivity contribution in [2.45, 2.75) is 52.0 Å². The lowest BCUT2D eigenvalue weighted by molar-refractivity contribution is -0.142. The third kappa shape index (κ3) is 7.68. The van der Waals surface area contributed by atoms with Gasteiger partial charge in [-0.15, -0.1) is 0 Å². The lowest BCUT2D eigenvalue weighted by Gasteiger charge is -2.16. The molecule has 0 heterocycles. The Morgan fingerprint density at radius 2 is 1.83 bits per heavy atom. The van der Waals surface area contributed by atoms with E-state index in [0.29, 0.717) is 12.8 Å². The Balaban J connectivity index is 2.28. The minimum Gasteiger partial charge on any atom is -0.497 e. The molecule has 0 fully saturated rings. The molecule has 1 rings (SSSR count). The summed E-state index contributed by atoms with van der Waals surface area (Å²) in [6.07, 6.45) is 3.34. The highest BCUT2D eigenvalue weighted by Crippen LogP contribution is 2.13. The summed E-state index contributed by atoms with van der Waals surface area (Å²) >= 11 is 0. The van der Waals surface area contributed by atoms with E-state index in [4.69, 9.17) is 9.84 Å². The Hall–Kier alpha value is -2.04. The molecular formula is C18H27NO4. The molecule has 0 aliphatic heterocycles. The summed E-state index contributed by atoms with van der Waals surface area (Å²) < 4.78 is 5.11. The van der Waals surface area contributed by atoms with Gasteiger partial charge >= 0.3 is 5.97 Å². The Kier molecular flexibility index (Phi) is 8.16. The van der Waals surface area contributed by atoms with Crippen LogP contribution in [0, 0.1) is 5.92 Å². The maximum atomic E-state index is 11.8. The van der Waals surface area contributed by atoms with E-state index in [-0.39, 0.29) is 11.8 Å². The van der Waals surface area contributed by atoms with Crippen LogP contribution in [0.3, 0.4) is 0 Å². The van der Waals surface area contributed by atoms with E-state index >= 15 is 0 Å². The fraction of sp³-hybridized carbons (Fsp3) is 0.556. The highest BCUT2D eigenvalue weighted by Gasteiger charge is 2.20. The van der Waals surface area contributed by atoms with Gasteiger partial charge in [0.15, 0.2) is 0 Å². The summed E-state index contributed by atoms with van der Waals surface area (Å²) in [4.78, 5) is 23.0. The highest BCUT2D eigenvalue weighted by atomic mass is 16.5. The molecule has 0 unspecified atom stereocenters. The van der Waals surface area contributed by atoms with Gasteiger partial charge in [0.2, 0.25) is 5.91 Å². The largest absolute Gasteiger partial charge is 0.497 e. The van der Waals surface area contributed by atoms with Crippen LogP contribution in [0.2, 0.25) is 0 Å². The number of methoxy groups -OCH3 is 1. The van der Waals surface area contributed by atoms with Crippen molar-refractivity contribution in [3.8, 4) is 5.75 Å². The van der Waals surface area contributed by atoms with Gasteiger partial charge in [-0.05, 0) is 49.3 Å². The number of ether oxygens (including phenoxy) is 1. The van der Waals surface area contributed by atoms with Crippen LogP contribution in [0.15, 0.2) is 24.3 Å². The molecule has 23 heavy (non-hydrogen) atoms. The quantitative estimate of drug-likeness (QED) is 0.650. The lowest BCUT2D eigenvalue weighted by Crippen LogP contribution is -2.41. The maximum absolute atomic E-state index is 11.8. The van der Waals surface area contributed by atoms with Crippen molar-refractivity contribution < 1.29 is 19.4 Å².